The third-order valence-corrected chi connectivity index (χ3v) is 6.99. The van der Waals surface area contributed by atoms with Crippen molar-refractivity contribution in [1.29, 1.82) is 0 Å². The van der Waals surface area contributed by atoms with Crippen LogP contribution in [0.5, 0.6) is 0 Å². The van der Waals surface area contributed by atoms with Crippen molar-refractivity contribution in [3.8, 4) is 0 Å². The maximum Gasteiger partial charge on any atom is 0.242 e. The minimum Gasteiger partial charge on any atom is -0.339 e. The number of nitrogens with zero attached hydrogens (tertiary/aromatic N) is 2. The van der Waals surface area contributed by atoms with Gasteiger partial charge in [0.15, 0.2) is 0 Å². The van der Waals surface area contributed by atoms with Gasteiger partial charge in [-0.3, -0.25) is 9.59 Å². The van der Waals surface area contributed by atoms with Crippen LogP contribution in [0.4, 0.5) is 5.69 Å². The number of carbonyl (C=O) groups excluding carboxylic acids is 2. The molecule has 1 atom stereocenters. The lowest BCUT2D eigenvalue weighted by Crippen LogP contribution is -2.35. The predicted molar refractivity (Wildman–Crippen MR) is 98.0 cm³/mol. The lowest BCUT2D eigenvalue weighted by Gasteiger charge is -2.23. The first-order valence-electron chi connectivity index (χ1n) is 8.92. The van der Waals surface area contributed by atoms with E-state index in [0.717, 1.165) is 30.0 Å². The fourth-order valence-corrected chi connectivity index (χ4v) is 4.61. The molecule has 1 N–H and O–H groups in total. The largest absolute Gasteiger partial charge is 0.339 e. The van der Waals surface area contributed by atoms with Gasteiger partial charge in [-0.25, -0.2) is 12.7 Å². The van der Waals surface area contributed by atoms with Gasteiger partial charge >= 0.3 is 0 Å². The minimum absolute atomic E-state index is 0.0426. The molecule has 26 heavy (non-hydrogen) atoms. The summed E-state index contributed by atoms with van der Waals surface area (Å²) in [5.74, 6) is -0.587. The number of amides is 2. The van der Waals surface area contributed by atoms with Crippen LogP contribution in [0.25, 0.3) is 0 Å². The quantitative estimate of drug-likeness (QED) is 0.843. The highest BCUT2D eigenvalue weighted by Gasteiger charge is 2.38. The molecule has 1 aliphatic carbocycles. The highest BCUT2D eigenvalue weighted by molar-refractivity contribution is 7.89. The van der Waals surface area contributed by atoms with Crippen molar-refractivity contribution in [2.24, 2.45) is 5.92 Å². The van der Waals surface area contributed by atoms with Crippen molar-refractivity contribution in [2.45, 2.75) is 43.0 Å². The number of hydrogen-bond donors (Lipinski definition) is 1. The summed E-state index contributed by atoms with van der Waals surface area (Å²) in [6.07, 6.45) is 4.53. The molecule has 1 saturated carbocycles. The third-order valence-electron chi connectivity index (χ3n) is 5.17. The van der Waals surface area contributed by atoms with Gasteiger partial charge in [-0.2, -0.15) is 0 Å². The Bertz CT molecular complexity index is 800. The molecule has 2 amide bonds. The molecule has 1 aliphatic heterocycles. The first-order valence-corrected chi connectivity index (χ1v) is 10.4. The summed E-state index contributed by atoms with van der Waals surface area (Å²) in [4.78, 5) is 26.8. The summed E-state index contributed by atoms with van der Waals surface area (Å²) in [7, 11) is -0.642. The van der Waals surface area contributed by atoms with E-state index in [2.05, 4.69) is 5.32 Å². The Morgan fingerprint density at radius 3 is 2.58 bits per heavy atom. The topological polar surface area (TPSA) is 86.8 Å². The Labute approximate surface area is 154 Å². The molecule has 3 rings (SSSR count). The van der Waals surface area contributed by atoms with Gasteiger partial charge in [0.2, 0.25) is 21.8 Å². The first kappa shape index (κ1) is 18.8. The molecule has 2 fully saturated rings. The van der Waals surface area contributed by atoms with E-state index in [1.807, 2.05) is 4.90 Å². The molecular weight excluding hydrogens is 354 g/mol. The summed E-state index contributed by atoms with van der Waals surface area (Å²) < 4.78 is 25.6. The molecule has 0 bridgehead atoms. The van der Waals surface area contributed by atoms with Crippen molar-refractivity contribution in [2.75, 3.05) is 26.0 Å². The molecule has 0 radical (unpaired) electrons. The number of nitrogens with one attached hydrogen (secondary N) is 1. The van der Waals surface area contributed by atoms with Crippen LogP contribution in [0.2, 0.25) is 0 Å². The van der Waals surface area contributed by atoms with Crippen LogP contribution >= 0.6 is 0 Å². The number of anilines is 1. The average Bonchev–Trinajstić information content (AvgIpc) is 3.24. The van der Waals surface area contributed by atoms with Gasteiger partial charge in [0.05, 0.1) is 10.8 Å². The Kier molecular flexibility index (Phi) is 5.34. The van der Waals surface area contributed by atoms with Crippen LogP contribution in [-0.2, 0) is 19.6 Å². The number of carbonyl (C=O) groups is 2. The Hall–Kier alpha value is -1.93. The van der Waals surface area contributed by atoms with Crippen molar-refractivity contribution in [3.63, 3.8) is 0 Å². The van der Waals surface area contributed by atoms with E-state index >= 15 is 0 Å². The van der Waals surface area contributed by atoms with E-state index in [9.17, 15) is 18.0 Å². The van der Waals surface area contributed by atoms with Crippen LogP contribution < -0.4 is 5.32 Å². The number of hydrogen-bond acceptors (Lipinski definition) is 4. The highest BCUT2D eigenvalue weighted by Crippen LogP contribution is 2.30. The van der Waals surface area contributed by atoms with Crippen LogP contribution in [-0.4, -0.2) is 56.1 Å². The van der Waals surface area contributed by atoms with Crippen LogP contribution in [0, 0.1) is 5.92 Å². The second kappa shape index (κ2) is 7.36. The second-order valence-corrected chi connectivity index (χ2v) is 9.34. The molecule has 0 unspecified atom stereocenters. The zero-order valence-electron chi connectivity index (χ0n) is 15.1. The molecule has 7 nitrogen and oxygen atoms in total. The van der Waals surface area contributed by atoms with Gasteiger partial charge in [0.25, 0.3) is 0 Å². The molecule has 0 aromatic heterocycles. The smallest absolute Gasteiger partial charge is 0.242 e. The Morgan fingerprint density at radius 1 is 1.23 bits per heavy atom. The number of benzene rings is 1. The van der Waals surface area contributed by atoms with Crippen molar-refractivity contribution in [1.82, 2.24) is 9.21 Å². The molecule has 142 valence electrons. The maximum atomic E-state index is 12.6. The monoisotopic (exact) mass is 379 g/mol. The standard InChI is InChI=1S/C18H25N3O4S/c1-20(2)26(24,25)16-9-5-6-14(11-16)19-18(23)13-10-17(22)21(12-13)15-7-3-4-8-15/h5-6,9,11,13,15H,3-4,7-8,10,12H2,1-2H3,(H,19,23)/t13-/m1/s1. The van der Waals surface area contributed by atoms with Gasteiger partial charge in [-0.05, 0) is 31.0 Å². The van der Waals surface area contributed by atoms with Gasteiger partial charge in [-0.15, -0.1) is 0 Å². The molecule has 1 heterocycles. The zero-order chi connectivity index (χ0) is 18.9. The van der Waals surface area contributed by atoms with E-state index < -0.39 is 15.9 Å². The Morgan fingerprint density at radius 2 is 1.92 bits per heavy atom. The average molecular weight is 379 g/mol. The summed E-state index contributed by atoms with van der Waals surface area (Å²) in [5, 5.41) is 2.77. The zero-order valence-corrected chi connectivity index (χ0v) is 16.0. The highest BCUT2D eigenvalue weighted by atomic mass is 32.2. The number of rotatable bonds is 5. The second-order valence-electron chi connectivity index (χ2n) is 7.19. The normalized spacial score (nSPS) is 21.6. The van der Waals surface area contributed by atoms with Crippen LogP contribution in [0.1, 0.15) is 32.1 Å². The third kappa shape index (κ3) is 3.76. The predicted octanol–water partition coefficient (Wildman–Crippen LogP) is 1.67. The Balaban J connectivity index is 1.68. The van der Waals surface area contributed by atoms with Gasteiger partial charge < -0.3 is 10.2 Å². The van der Waals surface area contributed by atoms with Crippen molar-refractivity contribution < 1.29 is 18.0 Å². The lowest BCUT2D eigenvalue weighted by atomic mass is 10.1. The van der Waals surface area contributed by atoms with Crippen LogP contribution in [0.15, 0.2) is 29.2 Å². The van der Waals surface area contributed by atoms with Gasteiger partial charge in [0, 0.05) is 38.8 Å². The summed E-state index contributed by atoms with van der Waals surface area (Å²) in [6.45, 7) is 0.449. The molecule has 1 aromatic rings. The van der Waals surface area contributed by atoms with Crippen molar-refractivity contribution in [3.05, 3.63) is 24.3 Å². The van der Waals surface area contributed by atoms with E-state index in [1.54, 1.807) is 12.1 Å². The molecule has 0 spiro atoms. The summed E-state index contributed by atoms with van der Waals surface area (Å²) in [5.41, 5.74) is 0.421. The van der Waals surface area contributed by atoms with E-state index in [-0.39, 0.29) is 29.2 Å². The molecule has 8 heteroatoms. The van der Waals surface area contributed by atoms with Crippen molar-refractivity contribution >= 4 is 27.5 Å². The fourth-order valence-electron chi connectivity index (χ4n) is 3.67. The van der Waals surface area contributed by atoms with E-state index in [0.29, 0.717) is 12.2 Å². The number of sulfonamides is 1. The summed E-state index contributed by atoms with van der Waals surface area (Å²) in [6, 6.07) is 6.45. The molecule has 1 aromatic carbocycles. The number of likely N-dealkylation sites (tertiary alicyclic amines) is 1. The summed E-state index contributed by atoms with van der Waals surface area (Å²) >= 11 is 0. The first-order chi connectivity index (χ1) is 12.3. The molecule has 2 aliphatic rings. The van der Waals surface area contributed by atoms with E-state index in [4.69, 9.17) is 0 Å². The lowest BCUT2D eigenvalue weighted by molar-refractivity contribution is -0.129. The molecule has 1 saturated heterocycles. The fraction of sp³-hybridized carbons (Fsp3) is 0.556. The van der Waals surface area contributed by atoms with E-state index in [1.165, 1.54) is 26.2 Å². The SMILES string of the molecule is CN(C)S(=O)(=O)c1cccc(NC(=O)[C@@H]2CC(=O)N(C3CCCC3)C2)c1. The van der Waals surface area contributed by atoms with Gasteiger partial charge in [-0.1, -0.05) is 18.9 Å². The minimum atomic E-state index is -3.56. The van der Waals surface area contributed by atoms with Crippen LogP contribution in [0.3, 0.4) is 0 Å². The molecular formula is C18H25N3O4S. The maximum absolute atomic E-state index is 12.6. The van der Waals surface area contributed by atoms with Gasteiger partial charge in [0.1, 0.15) is 0 Å².